The average Bonchev–Trinajstić information content (AvgIpc) is 2.79. The summed E-state index contributed by atoms with van der Waals surface area (Å²) in [4.78, 5) is 37.8. The van der Waals surface area contributed by atoms with Crippen LogP contribution in [0.2, 0.25) is 0 Å². The molecule has 0 bridgehead atoms. The Kier molecular flexibility index (Phi) is 5.49. The molecule has 1 heterocycles. The Morgan fingerprint density at radius 2 is 2.04 bits per heavy atom. The number of rotatable bonds is 4. The number of ketones is 1. The molecule has 1 saturated heterocycles. The highest BCUT2D eigenvalue weighted by atomic mass is 32.2. The smallest absolute Gasteiger partial charge is 0.244 e. The van der Waals surface area contributed by atoms with Crippen LogP contribution in [-0.2, 0) is 14.4 Å². The number of amides is 2. The zero-order valence-corrected chi connectivity index (χ0v) is 15.2. The number of allylic oxidation sites excluding steroid dienone is 1. The van der Waals surface area contributed by atoms with E-state index in [0.29, 0.717) is 10.7 Å². The molecule has 0 atom stereocenters. The Hall–Kier alpha value is -2.08. The Morgan fingerprint density at radius 3 is 2.67 bits per heavy atom. The number of carbonyl (C=O) groups is 3. The fourth-order valence-electron chi connectivity index (χ4n) is 2.10. The highest BCUT2D eigenvalue weighted by molar-refractivity contribution is 8.04. The van der Waals surface area contributed by atoms with E-state index in [4.69, 9.17) is 0 Å². The first-order valence-electron chi connectivity index (χ1n) is 7.72. The molecule has 5 nitrogen and oxygen atoms in total. The molecule has 2 rings (SSSR count). The molecular weight excluding hydrogens is 324 g/mol. The molecular formula is C18H22N2O3S. The van der Waals surface area contributed by atoms with E-state index in [1.807, 2.05) is 45.9 Å². The summed E-state index contributed by atoms with van der Waals surface area (Å²) in [5.74, 6) is -0.261. The summed E-state index contributed by atoms with van der Waals surface area (Å²) >= 11 is 1.29. The van der Waals surface area contributed by atoms with Gasteiger partial charge in [-0.05, 0) is 24.6 Å². The number of nitrogens with zero attached hydrogens (tertiary/aromatic N) is 1. The van der Waals surface area contributed by atoms with Crippen molar-refractivity contribution in [2.45, 2.75) is 27.7 Å². The second-order valence-corrected chi connectivity index (χ2v) is 7.78. The van der Waals surface area contributed by atoms with Gasteiger partial charge in [0.15, 0.2) is 5.78 Å². The third-order valence-corrected chi connectivity index (χ3v) is 4.53. The van der Waals surface area contributed by atoms with Gasteiger partial charge in [-0.3, -0.25) is 19.3 Å². The molecule has 1 fully saturated rings. The van der Waals surface area contributed by atoms with E-state index < -0.39 is 5.41 Å². The van der Waals surface area contributed by atoms with E-state index in [1.165, 1.54) is 22.7 Å². The Morgan fingerprint density at radius 1 is 1.33 bits per heavy atom. The number of carbonyl (C=O) groups excluding carboxylic acids is 3. The number of nitrogens with one attached hydrogen (secondary N) is 1. The van der Waals surface area contributed by atoms with Crippen molar-refractivity contribution in [2.24, 2.45) is 5.41 Å². The van der Waals surface area contributed by atoms with Crippen molar-refractivity contribution in [3.05, 3.63) is 40.9 Å². The maximum atomic E-state index is 12.2. The third kappa shape index (κ3) is 4.71. The van der Waals surface area contributed by atoms with Crippen molar-refractivity contribution in [1.82, 2.24) is 4.90 Å². The predicted molar refractivity (Wildman–Crippen MR) is 96.5 cm³/mol. The standard InChI is InChI=1S/C18H22N2O3S/c1-12-6-5-7-13(8-12)19-15(22)10-20-16(23)11-24-17(20)9-14(21)18(2,3)4/h5-9H,10-11H2,1-4H3,(H,19,22)/b17-9+. The van der Waals surface area contributed by atoms with Gasteiger partial charge < -0.3 is 5.32 Å². The maximum Gasteiger partial charge on any atom is 0.244 e. The lowest BCUT2D eigenvalue weighted by Crippen LogP contribution is -2.34. The molecule has 1 N–H and O–H groups in total. The molecule has 6 heteroatoms. The second kappa shape index (κ2) is 7.21. The van der Waals surface area contributed by atoms with Gasteiger partial charge in [0.2, 0.25) is 11.8 Å². The monoisotopic (exact) mass is 346 g/mol. The second-order valence-electron chi connectivity index (χ2n) is 6.78. The van der Waals surface area contributed by atoms with E-state index >= 15 is 0 Å². The Bertz CT molecular complexity index is 704. The molecule has 0 aromatic heterocycles. The molecule has 1 aliphatic heterocycles. The van der Waals surface area contributed by atoms with Gasteiger partial charge in [-0.2, -0.15) is 0 Å². The Labute approximate surface area is 146 Å². The molecule has 0 saturated carbocycles. The number of hydrogen-bond acceptors (Lipinski definition) is 4. The normalized spacial score (nSPS) is 16.6. The van der Waals surface area contributed by atoms with E-state index in [0.717, 1.165) is 5.56 Å². The molecule has 0 aliphatic carbocycles. The molecule has 0 unspecified atom stereocenters. The van der Waals surface area contributed by atoms with Gasteiger partial charge in [0.1, 0.15) is 6.54 Å². The van der Waals surface area contributed by atoms with Gasteiger partial charge in [-0.1, -0.05) is 44.7 Å². The van der Waals surface area contributed by atoms with Crippen molar-refractivity contribution >= 4 is 35.0 Å². The van der Waals surface area contributed by atoms with E-state index in [2.05, 4.69) is 5.32 Å². The first-order chi connectivity index (χ1) is 11.2. The highest BCUT2D eigenvalue weighted by Crippen LogP contribution is 2.30. The van der Waals surface area contributed by atoms with Crippen LogP contribution in [0.25, 0.3) is 0 Å². The van der Waals surface area contributed by atoms with Crippen molar-refractivity contribution in [3.63, 3.8) is 0 Å². The number of hydrogen-bond donors (Lipinski definition) is 1. The summed E-state index contributed by atoms with van der Waals surface area (Å²) in [5.41, 5.74) is 1.21. The number of benzene rings is 1. The van der Waals surface area contributed by atoms with Gasteiger partial charge in [0.25, 0.3) is 0 Å². The van der Waals surface area contributed by atoms with Crippen LogP contribution in [0.3, 0.4) is 0 Å². The van der Waals surface area contributed by atoms with Crippen LogP contribution in [-0.4, -0.2) is 34.8 Å². The van der Waals surface area contributed by atoms with E-state index in [-0.39, 0.29) is 29.9 Å². The quantitative estimate of drug-likeness (QED) is 0.851. The van der Waals surface area contributed by atoms with Crippen LogP contribution in [0.4, 0.5) is 5.69 Å². The van der Waals surface area contributed by atoms with Crippen LogP contribution in [0.1, 0.15) is 26.3 Å². The number of thioether (sulfide) groups is 1. The van der Waals surface area contributed by atoms with Gasteiger partial charge in [-0.25, -0.2) is 0 Å². The van der Waals surface area contributed by atoms with Gasteiger partial charge in [0.05, 0.1) is 10.8 Å². The molecule has 24 heavy (non-hydrogen) atoms. The highest BCUT2D eigenvalue weighted by Gasteiger charge is 2.30. The summed E-state index contributed by atoms with van der Waals surface area (Å²) in [6.45, 7) is 7.31. The van der Waals surface area contributed by atoms with E-state index in [1.54, 1.807) is 6.07 Å². The van der Waals surface area contributed by atoms with Crippen molar-refractivity contribution in [2.75, 3.05) is 17.6 Å². The molecule has 0 spiro atoms. The van der Waals surface area contributed by atoms with Crippen molar-refractivity contribution < 1.29 is 14.4 Å². The van der Waals surface area contributed by atoms with Crippen LogP contribution >= 0.6 is 11.8 Å². The molecule has 0 radical (unpaired) electrons. The fraction of sp³-hybridized carbons (Fsp3) is 0.389. The first kappa shape index (κ1) is 18.3. The van der Waals surface area contributed by atoms with Crippen molar-refractivity contribution in [1.29, 1.82) is 0 Å². The third-order valence-electron chi connectivity index (χ3n) is 3.51. The minimum Gasteiger partial charge on any atom is -0.325 e. The van der Waals surface area contributed by atoms with Crippen LogP contribution < -0.4 is 5.32 Å². The summed E-state index contributed by atoms with van der Waals surface area (Å²) < 4.78 is 0. The largest absolute Gasteiger partial charge is 0.325 e. The average molecular weight is 346 g/mol. The summed E-state index contributed by atoms with van der Waals surface area (Å²) in [6.07, 6.45) is 1.47. The van der Waals surface area contributed by atoms with Crippen LogP contribution in [0.5, 0.6) is 0 Å². The van der Waals surface area contributed by atoms with Crippen LogP contribution in [0, 0.1) is 12.3 Å². The number of aryl methyl sites for hydroxylation is 1. The SMILES string of the molecule is Cc1cccc(NC(=O)CN2C(=O)CS/C2=C/C(=O)C(C)(C)C)c1. The molecule has 128 valence electrons. The molecule has 2 amide bonds. The zero-order valence-electron chi connectivity index (χ0n) is 14.4. The lowest BCUT2D eigenvalue weighted by molar-refractivity contribution is -0.129. The molecule has 1 aromatic rings. The van der Waals surface area contributed by atoms with Crippen molar-refractivity contribution in [3.8, 4) is 0 Å². The molecule has 1 aliphatic rings. The predicted octanol–water partition coefficient (Wildman–Crippen LogP) is 2.97. The maximum absolute atomic E-state index is 12.2. The summed E-state index contributed by atoms with van der Waals surface area (Å²) in [7, 11) is 0. The topological polar surface area (TPSA) is 66.5 Å². The molecule has 1 aromatic carbocycles. The minimum atomic E-state index is -0.519. The van der Waals surface area contributed by atoms with Crippen LogP contribution in [0.15, 0.2) is 35.4 Å². The van der Waals surface area contributed by atoms with Gasteiger partial charge in [-0.15, -0.1) is 0 Å². The summed E-state index contributed by atoms with van der Waals surface area (Å²) in [5, 5.41) is 3.32. The Balaban J connectivity index is 2.08. The first-order valence-corrected chi connectivity index (χ1v) is 8.71. The number of anilines is 1. The van der Waals surface area contributed by atoms with Gasteiger partial charge >= 0.3 is 0 Å². The lowest BCUT2D eigenvalue weighted by atomic mass is 9.91. The van der Waals surface area contributed by atoms with Gasteiger partial charge in [0, 0.05) is 17.2 Å². The van der Waals surface area contributed by atoms with E-state index in [9.17, 15) is 14.4 Å². The summed E-state index contributed by atoms with van der Waals surface area (Å²) in [6, 6.07) is 7.45. The fourth-order valence-corrected chi connectivity index (χ4v) is 3.04. The minimum absolute atomic E-state index is 0.0659. The lowest BCUT2D eigenvalue weighted by Gasteiger charge is -2.19. The zero-order chi connectivity index (χ0) is 17.9.